The van der Waals surface area contributed by atoms with Gasteiger partial charge in [0.05, 0.1) is 10.6 Å². The lowest BCUT2D eigenvalue weighted by Crippen LogP contribution is -2.27. The van der Waals surface area contributed by atoms with Crippen molar-refractivity contribution in [1.82, 2.24) is 14.7 Å². The van der Waals surface area contributed by atoms with Crippen molar-refractivity contribution in [2.45, 2.75) is 32.1 Å². The normalized spacial score (nSPS) is 11.9. The number of sulfonamides is 2. The molecule has 0 aliphatic rings. The fraction of sp³-hybridized carbons (Fsp3) is 0.273. The van der Waals surface area contributed by atoms with Crippen LogP contribution in [-0.4, -0.2) is 39.1 Å². The van der Waals surface area contributed by atoms with Crippen LogP contribution in [0, 0.1) is 13.8 Å². The van der Waals surface area contributed by atoms with Crippen LogP contribution in [0.4, 0.5) is 23.1 Å². The van der Waals surface area contributed by atoms with Gasteiger partial charge in [0.15, 0.2) is 0 Å². The third-order valence-electron chi connectivity index (χ3n) is 5.05. The Labute approximate surface area is 200 Å². The summed E-state index contributed by atoms with van der Waals surface area (Å²) >= 11 is 0. The predicted molar refractivity (Wildman–Crippen MR) is 133 cm³/mol. The highest BCUT2D eigenvalue weighted by atomic mass is 32.2. The SMILES string of the molecule is CCS(=O)(=O)NCCc1ccc(Nc2nc(Nc3ccc(C)c(S(N)(=O)=O)c3)ncc2C)cc1. The van der Waals surface area contributed by atoms with Gasteiger partial charge < -0.3 is 10.6 Å². The zero-order valence-corrected chi connectivity index (χ0v) is 20.8. The molecule has 0 aliphatic heterocycles. The van der Waals surface area contributed by atoms with Gasteiger partial charge in [-0.25, -0.2) is 31.7 Å². The molecule has 10 nitrogen and oxygen atoms in total. The van der Waals surface area contributed by atoms with E-state index in [4.69, 9.17) is 5.14 Å². The zero-order chi connectivity index (χ0) is 24.9. The molecule has 12 heteroatoms. The van der Waals surface area contributed by atoms with Crippen LogP contribution in [0.5, 0.6) is 0 Å². The van der Waals surface area contributed by atoms with E-state index < -0.39 is 20.0 Å². The van der Waals surface area contributed by atoms with Gasteiger partial charge in [0.25, 0.3) is 0 Å². The maximum Gasteiger partial charge on any atom is 0.238 e. The zero-order valence-electron chi connectivity index (χ0n) is 19.2. The van der Waals surface area contributed by atoms with Crippen molar-refractivity contribution in [2.75, 3.05) is 22.9 Å². The molecular formula is C22H28N6O4S2. The summed E-state index contributed by atoms with van der Waals surface area (Å²) in [5, 5.41) is 11.5. The molecule has 0 amide bonds. The van der Waals surface area contributed by atoms with E-state index in [-0.39, 0.29) is 16.6 Å². The fourth-order valence-electron chi connectivity index (χ4n) is 3.09. The minimum absolute atomic E-state index is 0.0329. The number of primary sulfonamides is 1. The first-order valence-corrected chi connectivity index (χ1v) is 13.7. The molecule has 0 saturated carbocycles. The summed E-state index contributed by atoms with van der Waals surface area (Å²) in [5.41, 5.74) is 3.66. The van der Waals surface area contributed by atoms with Crippen molar-refractivity contribution < 1.29 is 16.8 Å². The number of nitrogens with two attached hydrogens (primary N) is 1. The number of hydrogen-bond acceptors (Lipinski definition) is 8. The summed E-state index contributed by atoms with van der Waals surface area (Å²) in [6, 6.07) is 12.4. The van der Waals surface area contributed by atoms with E-state index in [0.29, 0.717) is 30.0 Å². The summed E-state index contributed by atoms with van der Waals surface area (Å²) in [4.78, 5) is 8.79. The van der Waals surface area contributed by atoms with Crippen LogP contribution in [0.3, 0.4) is 0 Å². The Kier molecular flexibility index (Phi) is 7.87. The van der Waals surface area contributed by atoms with Gasteiger partial charge >= 0.3 is 0 Å². The second kappa shape index (κ2) is 10.5. The standard InChI is InChI=1S/C22H28N6O4S2/c1-4-33(29,30)25-12-11-17-6-9-18(10-7-17)26-21-16(3)14-24-22(28-21)27-19-8-5-15(2)20(13-19)34(23,31)32/h5-10,13-14,25H,4,11-12H2,1-3H3,(H2,23,31,32)(H2,24,26,27,28). The third kappa shape index (κ3) is 6.97. The summed E-state index contributed by atoms with van der Waals surface area (Å²) in [7, 11) is -7.05. The number of hydrogen-bond donors (Lipinski definition) is 4. The van der Waals surface area contributed by atoms with Gasteiger partial charge in [0, 0.05) is 29.7 Å². The van der Waals surface area contributed by atoms with Crippen molar-refractivity contribution in [3.05, 3.63) is 65.4 Å². The number of nitrogens with one attached hydrogen (secondary N) is 3. The first-order chi connectivity index (χ1) is 16.0. The number of rotatable bonds is 10. The highest BCUT2D eigenvalue weighted by molar-refractivity contribution is 7.89. The molecule has 1 heterocycles. The average molecular weight is 505 g/mol. The molecule has 34 heavy (non-hydrogen) atoms. The predicted octanol–water partition coefficient (Wildman–Crippen LogP) is 2.71. The summed E-state index contributed by atoms with van der Waals surface area (Å²) in [6.45, 7) is 5.48. The van der Waals surface area contributed by atoms with E-state index >= 15 is 0 Å². The first kappa shape index (κ1) is 25.6. The van der Waals surface area contributed by atoms with E-state index in [9.17, 15) is 16.8 Å². The number of aryl methyl sites for hydroxylation is 2. The number of aromatic nitrogens is 2. The topological polar surface area (TPSA) is 156 Å². The first-order valence-electron chi connectivity index (χ1n) is 10.5. The molecule has 0 atom stereocenters. The Hall–Kier alpha value is -3.06. The number of anilines is 4. The lowest BCUT2D eigenvalue weighted by atomic mass is 10.1. The molecule has 182 valence electrons. The van der Waals surface area contributed by atoms with Crippen molar-refractivity contribution in [3.8, 4) is 0 Å². The average Bonchev–Trinajstić information content (AvgIpc) is 2.77. The Morgan fingerprint density at radius 2 is 1.59 bits per heavy atom. The van der Waals surface area contributed by atoms with Gasteiger partial charge in [0.2, 0.25) is 26.0 Å². The Morgan fingerprint density at radius 1 is 0.912 bits per heavy atom. The van der Waals surface area contributed by atoms with Crippen LogP contribution in [0.25, 0.3) is 0 Å². The van der Waals surface area contributed by atoms with Crippen molar-refractivity contribution in [1.29, 1.82) is 0 Å². The summed E-state index contributed by atoms with van der Waals surface area (Å²) in [6.07, 6.45) is 2.23. The highest BCUT2D eigenvalue weighted by Crippen LogP contribution is 2.24. The maximum atomic E-state index is 11.8. The van der Waals surface area contributed by atoms with E-state index in [1.54, 1.807) is 32.2 Å². The van der Waals surface area contributed by atoms with E-state index in [1.165, 1.54) is 6.07 Å². The van der Waals surface area contributed by atoms with Crippen LogP contribution in [0.2, 0.25) is 0 Å². The highest BCUT2D eigenvalue weighted by Gasteiger charge is 2.13. The van der Waals surface area contributed by atoms with Crippen molar-refractivity contribution in [2.24, 2.45) is 5.14 Å². The van der Waals surface area contributed by atoms with Gasteiger partial charge in [-0.2, -0.15) is 4.98 Å². The molecule has 0 spiro atoms. The quantitative estimate of drug-likeness (QED) is 0.328. The van der Waals surface area contributed by atoms with Crippen molar-refractivity contribution in [3.63, 3.8) is 0 Å². The molecule has 3 aromatic rings. The molecule has 3 rings (SSSR count). The van der Waals surface area contributed by atoms with E-state index in [1.807, 2.05) is 31.2 Å². The molecule has 0 saturated heterocycles. The molecule has 0 fully saturated rings. The second-order valence-corrected chi connectivity index (χ2v) is 11.4. The lowest BCUT2D eigenvalue weighted by molar-refractivity contribution is 0.582. The van der Waals surface area contributed by atoms with Crippen LogP contribution in [-0.2, 0) is 26.5 Å². The van der Waals surface area contributed by atoms with Crippen LogP contribution in [0.1, 0.15) is 23.6 Å². The Morgan fingerprint density at radius 3 is 2.24 bits per heavy atom. The van der Waals surface area contributed by atoms with Gasteiger partial charge in [-0.1, -0.05) is 18.2 Å². The molecule has 0 bridgehead atoms. The Balaban J connectivity index is 1.70. The molecule has 0 radical (unpaired) electrons. The fourth-order valence-corrected chi connectivity index (χ4v) is 4.51. The number of benzene rings is 2. The van der Waals surface area contributed by atoms with Crippen LogP contribution >= 0.6 is 0 Å². The van der Waals surface area contributed by atoms with Crippen LogP contribution in [0.15, 0.2) is 53.6 Å². The minimum atomic E-state index is -3.85. The second-order valence-electron chi connectivity index (χ2n) is 7.75. The third-order valence-corrected chi connectivity index (χ3v) is 7.51. The Bertz CT molecular complexity index is 1380. The van der Waals surface area contributed by atoms with Crippen LogP contribution < -0.4 is 20.5 Å². The molecule has 0 unspecified atom stereocenters. The molecular weight excluding hydrogens is 476 g/mol. The minimum Gasteiger partial charge on any atom is -0.340 e. The molecule has 5 N–H and O–H groups in total. The van der Waals surface area contributed by atoms with Gasteiger partial charge in [-0.15, -0.1) is 0 Å². The number of nitrogens with zero attached hydrogens (tertiary/aromatic N) is 2. The largest absolute Gasteiger partial charge is 0.340 e. The van der Waals surface area contributed by atoms with Crippen molar-refractivity contribution >= 4 is 43.2 Å². The monoisotopic (exact) mass is 504 g/mol. The molecule has 1 aromatic heterocycles. The van der Waals surface area contributed by atoms with Gasteiger partial charge in [-0.05, 0) is 62.6 Å². The van der Waals surface area contributed by atoms with E-state index in [2.05, 4.69) is 25.3 Å². The molecule has 2 aromatic carbocycles. The van der Waals surface area contributed by atoms with Gasteiger partial charge in [0.1, 0.15) is 5.82 Å². The molecule has 0 aliphatic carbocycles. The smallest absolute Gasteiger partial charge is 0.238 e. The van der Waals surface area contributed by atoms with E-state index in [0.717, 1.165) is 16.8 Å². The summed E-state index contributed by atoms with van der Waals surface area (Å²) < 4.78 is 49.2. The maximum absolute atomic E-state index is 11.8. The van der Waals surface area contributed by atoms with Gasteiger partial charge in [-0.3, -0.25) is 0 Å². The summed E-state index contributed by atoms with van der Waals surface area (Å²) in [5.74, 6) is 0.930. The lowest BCUT2D eigenvalue weighted by Gasteiger charge is -2.12.